The van der Waals surface area contributed by atoms with Gasteiger partial charge in [-0.3, -0.25) is 0 Å². The highest BCUT2D eigenvalue weighted by atomic mass is 16.5. The summed E-state index contributed by atoms with van der Waals surface area (Å²) in [6.45, 7) is 3.72. The van der Waals surface area contributed by atoms with E-state index in [1.54, 1.807) is 0 Å². The molecule has 1 aliphatic heterocycles. The molecule has 4 heteroatoms. The maximum absolute atomic E-state index is 5.57. The lowest BCUT2D eigenvalue weighted by Crippen LogP contribution is -2.19. The highest BCUT2D eigenvalue weighted by Gasteiger charge is 2.27. The van der Waals surface area contributed by atoms with E-state index in [9.17, 15) is 0 Å². The summed E-state index contributed by atoms with van der Waals surface area (Å²) in [5, 5.41) is 0. The van der Waals surface area contributed by atoms with Gasteiger partial charge in [0.1, 0.15) is 17.4 Å². The van der Waals surface area contributed by atoms with Crippen LogP contribution in [0.25, 0.3) is 0 Å². The largest absolute Gasteiger partial charge is 0.493 e. The molecule has 22 heavy (non-hydrogen) atoms. The maximum atomic E-state index is 5.57. The number of hydrogen-bond donors (Lipinski definition) is 0. The summed E-state index contributed by atoms with van der Waals surface area (Å²) in [7, 11) is 2.10. The summed E-state index contributed by atoms with van der Waals surface area (Å²) in [6, 6.07) is 8.57. The highest BCUT2D eigenvalue weighted by Crippen LogP contribution is 2.38. The lowest BCUT2D eigenvalue weighted by Gasteiger charge is -2.19. The Morgan fingerprint density at radius 3 is 2.91 bits per heavy atom. The van der Waals surface area contributed by atoms with Gasteiger partial charge in [-0.15, -0.1) is 0 Å². The van der Waals surface area contributed by atoms with E-state index < -0.39 is 0 Å². The van der Waals surface area contributed by atoms with Crippen LogP contribution in [0.5, 0.6) is 5.75 Å². The third-order valence-corrected chi connectivity index (χ3v) is 4.37. The number of anilines is 1. The fourth-order valence-corrected chi connectivity index (χ4v) is 2.99. The normalized spacial score (nSPS) is 16.3. The van der Waals surface area contributed by atoms with Crippen LogP contribution in [-0.2, 0) is 13.0 Å². The van der Waals surface area contributed by atoms with Crippen LogP contribution in [0.3, 0.4) is 0 Å². The summed E-state index contributed by atoms with van der Waals surface area (Å²) < 4.78 is 5.57. The molecule has 1 aliphatic carbocycles. The number of ether oxygens (including phenoxy) is 1. The molecule has 0 amide bonds. The number of nitrogens with zero attached hydrogens (tertiary/aromatic N) is 3. The molecule has 0 atom stereocenters. The molecule has 0 unspecified atom stereocenters. The van der Waals surface area contributed by atoms with Gasteiger partial charge >= 0.3 is 0 Å². The van der Waals surface area contributed by atoms with Gasteiger partial charge < -0.3 is 9.64 Å². The van der Waals surface area contributed by atoms with E-state index in [0.717, 1.165) is 42.7 Å². The molecule has 0 N–H and O–H groups in total. The molecule has 2 aromatic rings. The molecular weight excluding hydrogens is 274 g/mol. The first-order valence-corrected chi connectivity index (χ1v) is 8.00. The average molecular weight is 295 g/mol. The summed E-state index contributed by atoms with van der Waals surface area (Å²) in [4.78, 5) is 11.5. The van der Waals surface area contributed by atoms with Crippen LogP contribution >= 0.6 is 0 Å². The Kier molecular flexibility index (Phi) is 3.25. The molecule has 0 saturated heterocycles. The van der Waals surface area contributed by atoms with Crippen molar-refractivity contribution in [1.29, 1.82) is 0 Å². The molecule has 1 fully saturated rings. The van der Waals surface area contributed by atoms with Crippen LogP contribution in [0.4, 0.5) is 5.82 Å². The van der Waals surface area contributed by atoms with Gasteiger partial charge in [0.05, 0.1) is 6.61 Å². The van der Waals surface area contributed by atoms with Crippen LogP contribution in [-0.4, -0.2) is 23.6 Å². The van der Waals surface area contributed by atoms with Gasteiger partial charge in [-0.1, -0.05) is 12.1 Å². The van der Waals surface area contributed by atoms with Gasteiger partial charge in [0, 0.05) is 37.7 Å². The summed E-state index contributed by atoms with van der Waals surface area (Å²) in [5.41, 5.74) is 3.68. The molecule has 114 valence electrons. The van der Waals surface area contributed by atoms with E-state index in [0.29, 0.717) is 5.92 Å². The van der Waals surface area contributed by atoms with Crippen molar-refractivity contribution in [3.8, 4) is 5.75 Å². The predicted molar refractivity (Wildman–Crippen MR) is 86.5 cm³/mol. The summed E-state index contributed by atoms with van der Waals surface area (Å²) in [6.07, 6.45) is 3.49. The molecule has 2 heterocycles. The van der Waals surface area contributed by atoms with Crippen molar-refractivity contribution in [3.63, 3.8) is 0 Å². The van der Waals surface area contributed by atoms with E-state index in [2.05, 4.69) is 48.1 Å². The average Bonchev–Trinajstić information content (AvgIpc) is 3.25. The smallest absolute Gasteiger partial charge is 0.134 e. The molecule has 2 aliphatic rings. The number of aromatic nitrogens is 2. The number of aryl methyl sites for hydroxylation is 1. The molecule has 0 spiro atoms. The second-order valence-corrected chi connectivity index (χ2v) is 6.40. The third kappa shape index (κ3) is 2.65. The monoisotopic (exact) mass is 295 g/mol. The van der Waals surface area contributed by atoms with Crippen molar-refractivity contribution < 1.29 is 4.74 Å². The first-order valence-electron chi connectivity index (χ1n) is 8.00. The van der Waals surface area contributed by atoms with Crippen molar-refractivity contribution in [2.24, 2.45) is 0 Å². The quantitative estimate of drug-likeness (QED) is 0.868. The van der Waals surface area contributed by atoms with Crippen molar-refractivity contribution in [1.82, 2.24) is 9.97 Å². The summed E-state index contributed by atoms with van der Waals surface area (Å²) >= 11 is 0. The first kappa shape index (κ1) is 13.6. The van der Waals surface area contributed by atoms with Gasteiger partial charge in [-0.05, 0) is 37.0 Å². The van der Waals surface area contributed by atoms with Gasteiger partial charge in [-0.2, -0.15) is 0 Å². The Morgan fingerprint density at radius 2 is 2.09 bits per heavy atom. The minimum atomic E-state index is 0.587. The van der Waals surface area contributed by atoms with Crippen molar-refractivity contribution >= 4 is 5.82 Å². The maximum Gasteiger partial charge on any atom is 0.134 e. The molecule has 4 rings (SSSR count). The van der Waals surface area contributed by atoms with Crippen molar-refractivity contribution in [3.05, 3.63) is 46.9 Å². The van der Waals surface area contributed by atoms with Crippen molar-refractivity contribution in [2.45, 2.75) is 38.6 Å². The Balaban J connectivity index is 1.55. The molecule has 0 bridgehead atoms. The summed E-state index contributed by atoms with van der Waals surface area (Å²) in [5.74, 6) is 3.67. The standard InChI is InChI=1S/C18H21N3O/c1-12-9-17(20-18(19-12)14-4-5-14)21(2)11-13-3-6-16-15(10-13)7-8-22-16/h3,6,9-10,14H,4-5,7-8,11H2,1-2H3. The third-order valence-electron chi connectivity index (χ3n) is 4.37. The van der Waals surface area contributed by atoms with Crippen molar-refractivity contribution in [2.75, 3.05) is 18.6 Å². The van der Waals surface area contributed by atoms with Gasteiger partial charge in [0.2, 0.25) is 0 Å². The Bertz CT molecular complexity index is 709. The Morgan fingerprint density at radius 1 is 1.23 bits per heavy atom. The minimum absolute atomic E-state index is 0.587. The van der Waals surface area contributed by atoms with Crippen LogP contribution in [0.1, 0.15) is 41.4 Å². The molecule has 1 saturated carbocycles. The van der Waals surface area contributed by atoms with Crippen LogP contribution in [0, 0.1) is 6.92 Å². The molecule has 4 nitrogen and oxygen atoms in total. The predicted octanol–water partition coefficient (Wildman–Crippen LogP) is 3.23. The molecule has 0 radical (unpaired) electrons. The first-order chi connectivity index (χ1) is 10.7. The minimum Gasteiger partial charge on any atom is -0.493 e. The van der Waals surface area contributed by atoms with E-state index >= 15 is 0 Å². The van der Waals surface area contributed by atoms with Gasteiger partial charge in [0.25, 0.3) is 0 Å². The van der Waals surface area contributed by atoms with Gasteiger partial charge in [0.15, 0.2) is 0 Å². The Hall–Kier alpha value is -2.10. The molecular formula is C18H21N3O. The number of rotatable bonds is 4. The SMILES string of the molecule is Cc1cc(N(C)Cc2ccc3c(c2)CCO3)nc(C2CC2)n1. The highest BCUT2D eigenvalue weighted by molar-refractivity contribution is 5.44. The topological polar surface area (TPSA) is 38.2 Å². The van der Waals surface area contributed by atoms with Crippen LogP contribution in [0.15, 0.2) is 24.3 Å². The van der Waals surface area contributed by atoms with Crippen LogP contribution < -0.4 is 9.64 Å². The fourth-order valence-electron chi connectivity index (χ4n) is 2.99. The number of fused-ring (bicyclic) bond motifs is 1. The second-order valence-electron chi connectivity index (χ2n) is 6.40. The zero-order valence-electron chi connectivity index (χ0n) is 13.2. The van der Waals surface area contributed by atoms with Gasteiger partial charge in [-0.25, -0.2) is 9.97 Å². The lowest BCUT2D eigenvalue weighted by atomic mass is 10.1. The fraction of sp³-hybridized carbons (Fsp3) is 0.444. The zero-order valence-corrected chi connectivity index (χ0v) is 13.2. The molecule has 1 aromatic carbocycles. The van der Waals surface area contributed by atoms with E-state index in [1.165, 1.54) is 24.0 Å². The van der Waals surface area contributed by atoms with E-state index in [4.69, 9.17) is 9.72 Å². The number of benzene rings is 1. The zero-order chi connectivity index (χ0) is 15.1. The van der Waals surface area contributed by atoms with E-state index in [1.807, 2.05) is 0 Å². The lowest BCUT2D eigenvalue weighted by molar-refractivity contribution is 0.357. The van der Waals surface area contributed by atoms with Crippen LogP contribution in [0.2, 0.25) is 0 Å². The number of hydrogen-bond acceptors (Lipinski definition) is 4. The van der Waals surface area contributed by atoms with E-state index in [-0.39, 0.29) is 0 Å². The Labute approximate surface area is 131 Å². The second kappa shape index (κ2) is 5.27. The molecule has 1 aromatic heterocycles.